The van der Waals surface area contributed by atoms with E-state index in [0.29, 0.717) is 25.9 Å². The van der Waals surface area contributed by atoms with Gasteiger partial charge in [0.1, 0.15) is 0 Å². The van der Waals surface area contributed by atoms with Crippen molar-refractivity contribution in [1.29, 1.82) is 0 Å². The first-order valence-electron chi connectivity index (χ1n) is 28.9. The van der Waals surface area contributed by atoms with Gasteiger partial charge in [-0.05, 0) is 51.4 Å². The molecule has 0 rings (SSSR count). The van der Waals surface area contributed by atoms with Crippen LogP contribution in [0.15, 0.2) is 12.2 Å². The molecule has 64 heavy (non-hydrogen) atoms. The van der Waals surface area contributed by atoms with Crippen molar-refractivity contribution in [2.75, 3.05) is 13.2 Å². The van der Waals surface area contributed by atoms with Gasteiger partial charge in [-0.25, -0.2) is 0 Å². The van der Waals surface area contributed by atoms with Gasteiger partial charge in [-0.3, -0.25) is 9.59 Å². The molecular weight excluding hydrogens is 791 g/mol. The Bertz CT molecular complexity index is 955. The lowest BCUT2D eigenvalue weighted by molar-refractivity contribution is -0.143. The smallest absolute Gasteiger partial charge is 0.305 e. The molecule has 0 saturated carbocycles. The number of unbranched alkanes of at least 4 members (excludes halogenated alkanes) is 41. The maximum Gasteiger partial charge on any atom is 0.305 e. The van der Waals surface area contributed by atoms with Crippen molar-refractivity contribution < 1.29 is 24.5 Å². The van der Waals surface area contributed by atoms with Gasteiger partial charge >= 0.3 is 5.97 Å². The highest BCUT2D eigenvalue weighted by atomic mass is 16.5. The Kier molecular flexibility index (Phi) is 53.0. The molecule has 0 aromatic heterocycles. The van der Waals surface area contributed by atoms with E-state index in [-0.39, 0.29) is 18.5 Å². The Morgan fingerprint density at radius 2 is 0.734 bits per heavy atom. The summed E-state index contributed by atoms with van der Waals surface area (Å²) in [5.41, 5.74) is 0. The van der Waals surface area contributed by atoms with Gasteiger partial charge in [0.15, 0.2) is 0 Å². The summed E-state index contributed by atoms with van der Waals surface area (Å²) in [6.07, 6.45) is 63.4. The molecule has 2 atom stereocenters. The molecule has 0 radical (unpaired) electrons. The maximum atomic E-state index is 12.5. The van der Waals surface area contributed by atoms with Gasteiger partial charge in [0.25, 0.3) is 0 Å². The monoisotopic (exact) mass is 904 g/mol. The number of rotatable bonds is 54. The summed E-state index contributed by atoms with van der Waals surface area (Å²) in [7, 11) is 0. The third kappa shape index (κ3) is 50.0. The molecule has 0 aromatic rings. The number of esters is 1. The lowest BCUT2D eigenvalue weighted by Gasteiger charge is -2.22. The van der Waals surface area contributed by atoms with Crippen LogP contribution in [0.25, 0.3) is 0 Å². The van der Waals surface area contributed by atoms with Crippen LogP contribution in [0.2, 0.25) is 0 Å². The molecule has 0 bridgehead atoms. The van der Waals surface area contributed by atoms with Crippen LogP contribution >= 0.6 is 0 Å². The number of aliphatic hydroxyl groups is 2. The molecule has 3 N–H and O–H groups in total. The highest BCUT2D eigenvalue weighted by Crippen LogP contribution is 2.17. The Balaban J connectivity index is 3.44. The van der Waals surface area contributed by atoms with Crippen molar-refractivity contribution in [2.45, 2.75) is 334 Å². The van der Waals surface area contributed by atoms with Gasteiger partial charge in [-0.1, -0.05) is 270 Å². The van der Waals surface area contributed by atoms with E-state index in [1.165, 1.54) is 218 Å². The molecule has 2 unspecified atom stereocenters. The van der Waals surface area contributed by atoms with Gasteiger partial charge in [-0.2, -0.15) is 0 Å². The van der Waals surface area contributed by atoms with Gasteiger partial charge in [0, 0.05) is 12.8 Å². The van der Waals surface area contributed by atoms with Crippen LogP contribution in [0, 0.1) is 0 Å². The minimum atomic E-state index is -0.673. The average molecular weight is 905 g/mol. The van der Waals surface area contributed by atoms with Crippen LogP contribution in [0.1, 0.15) is 322 Å². The number of ether oxygens (including phenoxy) is 1. The molecule has 6 nitrogen and oxygen atoms in total. The Hall–Kier alpha value is -1.40. The number of carbonyl (C=O) groups excluding carboxylic acids is 2. The number of hydrogen-bond donors (Lipinski definition) is 3. The van der Waals surface area contributed by atoms with Crippen LogP contribution in [0.5, 0.6) is 0 Å². The summed E-state index contributed by atoms with van der Waals surface area (Å²) >= 11 is 0. The SMILES string of the molecule is CCCCCCCCCCCCCCCCCCCC(=O)OCCCCCC/C=C\CCCCCCCCCC(=O)NC(CO)C(O)CCCCCCCCCCCCCCCCC. The second-order valence-electron chi connectivity index (χ2n) is 20.0. The van der Waals surface area contributed by atoms with Crippen LogP contribution in [0.4, 0.5) is 0 Å². The first-order valence-corrected chi connectivity index (χ1v) is 28.9. The summed E-state index contributed by atoms with van der Waals surface area (Å²) in [4.78, 5) is 24.5. The Labute approximate surface area is 399 Å². The highest BCUT2D eigenvalue weighted by Gasteiger charge is 2.20. The maximum absolute atomic E-state index is 12.5. The zero-order valence-electron chi connectivity index (χ0n) is 43.3. The predicted octanol–water partition coefficient (Wildman–Crippen LogP) is 17.7. The molecule has 0 aliphatic heterocycles. The number of carbonyl (C=O) groups is 2. The standard InChI is InChI=1S/C58H113NO5/c1-3-5-7-9-11-13-15-17-19-20-24-28-32-36-40-44-48-52-58(63)64-53-49-45-41-37-33-29-25-21-23-27-31-35-39-43-47-51-57(62)59-55(54-60)56(61)50-46-42-38-34-30-26-22-18-16-14-12-10-8-6-4-2/h25,29,55-56,60-61H,3-24,26-28,30-54H2,1-2H3,(H,59,62)/b29-25-. The average Bonchev–Trinajstić information content (AvgIpc) is 3.29. The third-order valence-electron chi connectivity index (χ3n) is 13.6. The zero-order chi connectivity index (χ0) is 46.5. The summed E-state index contributed by atoms with van der Waals surface area (Å²) in [5.74, 6) is -0.0536. The number of nitrogens with one attached hydrogen (secondary N) is 1. The number of allylic oxidation sites excluding steroid dienone is 2. The fourth-order valence-electron chi connectivity index (χ4n) is 9.11. The summed E-state index contributed by atoms with van der Waals surface area (Å²) in [6.45, 7) is 4.94. The van der Waals surface area contributed by atoms with Crippen molar-refractivity contribution in [3.8, 4) is 0 Å². The van der Waals surface area contributed by atoms with E-state index in [2.05, 4.69) is 31.3 Å². The zero-order valence-corrected chi connectivity index (χ0v) is 43.3. The minimum absolute atomic E-state index is 0.00552. The molecule has 6 heteroatoms. The van der Waals surface area contributed by atoms with E-state index in [9.17, 15) is 19.8 Å². The molecule has 0 aromatic carbocycles. The molecule has 0 aliphatic carbocycles. The molecular formula is C58H113NO5. The topological polar surface area (TPSA) is 95.9 Å². The van der Waals surface area contributed by atoms with Crippen molar-refractivity contribution in [3.05, 3.63) is 12.2 Å². The summed E-state index contributed by atoms with van der Waals surface area (Å²) in [6, 6.07) is -0.552. The van der Waals surface area contributed by atoms with Gasteiger partial charge in [0.05, 0.1) is 25.4 Å². The van der Waals surface area contributed by atoms with Gasteiger partial charge in [0.2, 0.25) is 5.91 Å². The van der Waals surface area contributed by atoms with Crippen LogP contribution in [-0.2, 0) is 14.3 Å². The largest absolute Gasteiger partial charge is 0.466 e. The summed E-state index contributed by atoms with van der Waals surface area (Å²) in [5, 5.41) is 23.3. The quantitative estimate of drug-likeness (QED) is 0.0321. The molecule has 1 amide bonds. The molecule has 0 fully saturated rings. The van der Waals surface area contributed by atoms with Crippen molar-refractivity contribution in [2.24, 2.45) is 0 Å². The van der Waals surface area contributed by atoms with E-state index < -0.39 is 12.1 Å². The van der Waals surface area contributed by atoms with Crippen LogP contribution in [-0.4, -0.2) is 47.4 Å². The first-order chi connectivity index (χ1) is 31.5. The van der Waals surface area contributed by atoms with E-state index in [1.54, 1.807) is 0 Å². The molecule has 0 heterocycles. The molecule has 0 saturated heterocycles. The lowest BCUT2D eigenvalue weighted by Crippen LogP contribution is -2.45. The first kappa shape index (κ1) is 62.6. The van der Waals surface area contributed by atoms with E-state index >= 15 is 0 Å². The lowest BCUT2D eigenvalue weighted by atomic mass is 10.0. The third-order valence-corrected chi connectivity index (χ3v) is 13.6. The second-order valence-corrected chi connectivity index (χ2v) is 20.0. The van der Waals surface area contributed by atoms with E-state index in [0.717, 1.165) is 70.6 Å². The van der Waals surface area contributed by atoms with Crippen molar-refractivity contribution in [3.63, 3.8) is 0 Å². The van der Waals surface area contributed by atoms with E-state index in [4.69, 9.17) is 4.74 Å². The molecule has 0 spiro atoms. The number of hydrogen-bond acceptors (Lipinski definition) is 5. The predicted molar refractivity (Wildman–Crippen MR) is 278 cm³/mol. The second kappa shape index (κ2) is 54.2. The van der Waals surface area contributed by atoms with Crippen molar-refractivity contribution in [1.82, 2.24) is 5.32 Å². The van der Waals surface area contributed by atoms with Gasteiger partial charge in [-0.15, -0.1) is 0 Å². The fraction of sp³-hybridized carbons (Fsp3) is 0.931. The van der Waals surface area contributed by atoms with Crippen LogP contribution in [0.3, 0.4) is 0 Å². The van der Waals surface area contributed by atoms with Crippen LogP contribution < -0.4 is 5.32 Å². The highest BCUT2D eigenvalue weighted by molar-refractivity contribution is 5.76. The van der Waals surface area contributed by atoms with Gasteiger partial charge < -0.3 is 20.3 Å². The van der Waals surface area contributed by atoms with Crippen molar-refractivity contribution >= 4 is 11.9 Å². The Morgan fingerprint density at radius 1 is 0.422 bits per heavy atom. The molecule has 0 aliphatic rings. The summed E-state index contributed by atoms with van der Waals surface area (Å²) < 4.78 is 5.47. The fourth-order valence-corrected chi connectivity index (χ4v) is 9.11. The minimum Gasteiger partial charge on any atom is -0.466 e. The number of amides is 1. The Morgan fingerprint density at radius 3 is 1.11 bits per heavy atom. The van der Waals surface area contributed by atoms with E-state index in [1.807, 2.05) is 0 Å². The number of aliphatic hydroxyl groups excluding tert-OH is 2. The molecule has 380 valence electrons. The normalized spacial score (nSPS) is 12.6.